The number of nitrogens with zero attached hydrogens (tertiary/aromatic N) is 5. The molecule has 182 valence electrons. The van der Waals surface area contributed by atoms with E-state index < -0.39 is 10.8 Å². The van der Waals surface area contributed by atoms with E-state index in [1.165, 1.54) is 18.2 Å². The summed E-state index contributed by atoms with van der Waals surface area (Å²) in [4.78, 5) is 30.6. The van der Waals surface area contributed by atoms with Crippen LogP contribution in [0.3, 0.4) is 0 Å². The summed E-state index contributed by atoms with van der Waals surface area (Å²) < 4.78 is 2.04. The third-order valence-corrected chi connectivity index (χ3v) is 7.66. The number of fused-ring (bicyclic) bond motifs is 1. The van der Waals surface area contributed by atoms with Crippen LogP contribution in [-0.2, 0) is 9.59 Å². The Balaban J connectivity index is 1.48. The molecule has 3 heterocycles. The molecule has 0 bridgehead atoms. The highest BCUT2D eigenvalue weighted by atomic mass is 32.2. The summed E-state index contributed by atoms with van der Waals surface area (Å²) >= 11 is 1.37. The number of nitrogens with one attached hydrogen (secondary N) is 1. The van der Waals surface area contributed by atoms with Crippen LogP contribution in [0.15, 0.2) is 59.8 Å². The molecule has 0 saturated carbocycles. The third kappa shape index (κ3) is 4.29. The van der Waals surface area contributed by atoms with Gasteiger partial charge in [-0.3, -0.25) is 19.1 Å². The second-order valence-corrected chi connectivity index (χ2v) is 10.8. The first-order valence-corrected chi connectivity index (χ1v) is 12.9. The van der Waals surface area contributed by atoms with Crippen molar-refractivity contribution in [2.24, 2.45) is 0 Å². The molecule has 1 N–H and O–H groups in total. The number of piperidine rings is 1. The van der Waals surface area contributed by atoms with Crippen LogP contribution in [0.5, 0.6) is 0 Å². The fourth-order valence-corrected chi connectivity index (χ4v) is 5.58. The Morgan fingerprint density at radius 3 is 2.43 bits per heavy atom. The fraction of sp³-hybridized carbons (Fsp3) is 0.385. The Kier molecular flexibility index (Phi) is 6.27. The number of hydrogen-bond donors (Lipinski definition) is 1. The zero-order chi connectivity index (χ0) is 24.6. The highest BCUT2D eigenvalue weighted by Gasteiger charge is 2.45. The number of anilines is 3. The number of carbonyl (C=O) groups excluding carboxylic acids is 2. The Hall–Kier alpha value is -3.33. The zero-order valence-corrected chi connectivity index (χ0v) is 21.1. The Labute approximate surface area is 209 Å². The lowest BCUT2D eigenvalue weighted by atomic mass is 9.96. The van der Waals surface area contributed by atoms with Crippen LogP contribution in [0, 0.1) is 0 Å². The summed E-state index contributed by atoms with van der Waals surface area (Å²) in [5.74, 6) is 0.451. The van der Waals surface area contributed by atoms with Gasteiger partial charge in [-0.2, -0.15) is 0 Å². The van der Waals surface area contributed by atoms with E-state index >= 15 is 0 Å². The fourth-order valence-electron chi connectivity index (χ4n) is 4.68. The molecule has 2 aliphatic heterocycles. The molecule has 2 aliphatic rings. The maximum atomic E-state index is 13.8. The van der Waals surface area contributed by atoms with Gasteiger partial charge >= 0.3 is 0 Å². The van der Waals surface area contributed by atoms with Crippen molar-refractivity contribution in [1.29, 1.82) is 0 Å². The molecular formula is C26H30N6O2S. The van der Waals surface area contributed by atoms with Crippen molar-refractivity contribution in [2.45, 2.75) is 56.0 Å². The van der Waals surface area contributed by atoms with Crippen molar-refractivity contribution in [2.75, 3.05) is 28.2 Å². The number of benzene rings is 2. The summed E-state index contributed by atoms with van der Waals surface area (Å²) in [6, 6.07) is 17.4. The normalized spacial score (nSPS) is 18.1. The second-order valence-electron chi connectivity index (χ2n) is 9.47. The monoisotopic (exact) mass is 490 g/mol. The lowest BCUT2D eigenvalue weighted by Gasteiger charge is -2.43. The molecule has 8 nitrogen and oxygen atoms in total. The number of amides is 2. The van der Waals surface area contributed by atoms with Crippen molar-refractivity contribution < 1.29 is 9.59 Å². The van der Waals surface area contributed by atoms with Crippen LogP contribution in [0.1, 0.15) is 40.0 Å². The van der Waals surface area contributed by atoms with Crippen molar-refractivity contribution in [3.05, 3.63) is 54.6 Å². The van der Waals surface area contributed by atoms with Gasteiger partial charge in [-0.05, 0) is 64.3 Å². The number of thioether (sulfide) groups is 1. The molecule has 0 aliphatic carbocycles. The maximum absolute atomic E-state index is 13.8. The van der Waals surface area contributed by atoms with Crippen LogP contribution in [0.4, 0.5) is 17.3 Å². The maximum Gasteiger partial charge on any atom is 0.250 e. The summed E-state index contributed by atoms with van der Waals surface area (Å²) in [6.45, 7) is 7.29. The predicted molar refractivity (Wildman–Crippen MR) is 139 cm³/mol. The third-order valence-electron chi connectivity index (χ3n) is 6.63. The molecule has 1 fully saturated rings. The van der Waals surface area contributed by atoms with Gasteiger partial charge in [0.15, 0.2) is 5.16 Å². The first-order chi connectivity index (χ1) is 16.9. The summed E-state index contributed by atoms with van der Waals surface area (Å²) in [7, 11) is 0. The van der Waals surface area contributed by atoms with E-state index in [1.54, 1.807) is 18.7 Å². The van der Waals surface area contributed by atoms with Crippen molar-refractivity contribution in [3.8, 4) is 5.69 Å². The largest absolute Gasteiger partial charge is 0.341 e. The van der Waals surface area contributed by atoms with Crippen LogP contribution in [0.2, 0.25) is 0 Å². The molecule has 1 unspecified atom stereocenters. The predicted octanol–water partition coefficient (Wildman–Crippen LogP) is 4.50. The molecule has 2 aromatic carbocycles. The molecule has 0 spiro atoms. The lowest BCUT2D eigenvalue weighted by Crippen LogP contribution is -2.60. The van der Waals surface area contributed by atoms with Gasteiger partial charge in [-0.1, -0.05) is 42.1 Å². The molecule has 1 aromatic heterocycles. The Morgan fingerprint density at radius 1 is 1.00 bits per heavy atom. The first kappa shape index (κ1) is 23.4. The minimum absolute atomic E-state index is 0.149. The average molecular weight is 491 g/mol. The van der Waals surface area contributed by atoms with E-state index in [4.69, 9.17) is 0 Å². The molecule has 5 rings (SSSR count). The topological polar surface area (TPSA) is 83.4 Å². The molecule has 35 heavy (non-hydrogen) atoms. The number of rotatable bonds is 5. The molecule has 2 amide bonds. The van der Waals surface area contributed by atoms with Gasteiger partial charge in [-0.25, -0.2) is 0 Å². The van der Waals surface area contributed by atoms with Crippen molar-refractivity contribution in [1.82, 2.24) is 14.8 Å². The van der Waals surface area contributed by atoms with Gasteiger partial charge in [-0.15, -0.1) is 10.2 Å². The quantitative estimate of drug-likeness (QED) is 0.530. The number of aromatic nitrogens is 3. The van der Waals surface area contributed by atoms with Crippen LogP contribution >= 0.6 is 11.8 Å². The van der Waals surface area contributed by atoms with E-state index in [9.17, 15) is 9.59 Å². The van der Waals surface area contributed by atoms with E-state index in [-0.39, 0.29) is 11.8 Å². The van der Waals surface area contributed by atoms with E-state index in [0.717, 1.165) is 37.6 Å². The highest BCUT2D eigenvalue weighted by Crippen LogP contribution is 2.39. The molecule has 1 saturated heterocycles. The second kappa shape index (κ2) is 9.37. The molecular weight excluding hydrogens is 460 g/mol. The summed E-state index contributed by atoms with van der Waals surface area (Å²) in [5.41, 5.74) is 1.28. The summed E-state index contributed by atoms with van der Waals surface area (Å²) in [5, 5.41) is 12.2. The van der Waals surface area contributed by atoms with Crippen molar-refractivity contribution >= 4 is 40.9 Å². The molecule has 1 atom stereocenters. The van der Waals surface area contributed by atoms with Gasteiger partial charge in [0.05, 0.1) is 22.3 Å². The van der Waals surface area contributed by atoms with Gasteiger partial charge in [0.1, 0.15) is 5.54 Å². The van der Waals surface area contributed by atoms with Crippen LogP contribution < -0.4 is 15.1 Å². The lowest BCUT2D eigenvalue weighted by molar-refractivity contribution is -0.126. The Bertz CT molecular complexity index is 1240. The van der Waals surface area contributed by atoms with Crippen molar-refractivity contribution in [3.63, 3.8) is 0 Å². The zero-order valence-electron chi connectivity index (χ0n) is 20.3. The average Bonchev–Trinajstić information content (AvgIpc) is 3.29. The van der Waals surface area contributed by atoms with E-state index in [1.807, 2.05) is 66.1 Å². The number of hydrogen-bond acceptors (Lipinski definition) is 6. The number of carbonyl (C=O) groups is 2. The van der Waals surface area contributed by atoms with Gasteiger partial charge in [0.2, 0.25) is 17.8 Å². The minimum atomic E-state index is -1.02. The highest BCUT2D eigenvalue weighted by molar-refractivity contribution is 8.00. The molecule has 0 radical (unpaired) electrons. The standard InChI is InChI=1S/C26H30N6O2S/c1-18(22(33)32-21-15-9-8-14-20(21)27-23(34)26(32,2)3)35-25-29-28-24(30-16-10-5-11-17-30)31(25)19-12-6-4-7-13-19/h4,6-9,12-15,18H,5,10-11,16-17H2,1-3H3,(H,27,34). The Morgan fingerprint density at radius 2 is 1.69 bits per heavy atom. The minimum Gasteiger partial charge on any atom is -0.341 e. The van der Waals surface area contributed by atoms with Crippen LogP contribution in [0.25, 0.3) is 5.69 Å². The van der Waals surface area contributed by atoms with Crippen LogP contribution in [-0.4, -0.2) is 50.5 Å². The summed E-state index contributed by atoms with van der Waals surface area (Å²) in [6.07, 6.45) is 3.48. The molecule has 9 heteroatoms. The van der Waals surface area contributed by atoms with E-state index in [2.05, 4.69) is 20.4 Å². The van der Waals surface area contributed by atoms with Gasteiger partial charge < -0.3 is 10.2 Å². The van der Waals surface area contributed by atoms with Gasteiger partial charge in [0, 0.05) is 13.1 Å². The van der Waals surface area contributed by atoms with Gasteiger partial charge in [0.25, 0.3) is 0 Å². The number of para-hydroxylation sites is 3. The molecule has 3 aromatic rings. The SMILES string of the molecule is CC(Sc1nnc(N2CCCCC2)n1-c1ccccc1)C(=O)N1c2ccccc2NC(=O)C1(C)C. The first-order valence-electron chi connectivity index (χ1n) is 12.0. The smallest absolute Gasteiger partial charge is 0.250 e. The van der Waals surface area contributed by atoms with E-state index in [0.29, 0.717) is 16.5 Å².